The number of amides is 3. The lowest BCUT2D eigenvalue weighted by Crippen LogP contribution is -2.51. The van der Waals surface area contributed by atoms with Crippen molar-refractivity contribution in [3.8, 4) is 16.9 Å². The SMILES string of the molecule is COc1ccc2c(c1)CCN(C1CCN(C(=O)Cn3cc(-c4cccc(Cl)c4Cl)c(=O)n(CC[S+](C)[O-])c3=O)CC1)C(=O)N2. The fourth-order valence-corrected chi connectivity index (χ4v) is 6.50. The van der Waals surface area contributed by atoms with Gasteiger partial charge in [0.25, 0.3) is 5.56 Å². The number of carbonyl (C=O) groups is 2. The summed E-state index contributed by atoms with van der Waals surface area (Å²) in [5, 5.41) is 3.38. The van der Waals surface area contributed by atoms with Crippen molar-refractivity contribution >= 4 is 52.0 Å². The number of carbonyl (C=O) groups excluding carboxylic acids is 2. The van der Waals surface area contributed by atoms with Crippen molar-refractivity contribution in [1.29, 1.82) is 0 Å². The van der Waals surface area contributed by atoms with Gasteiger partial charge in [-0.1, -0.05) is 46.5 Å². The number of nitrogens with zero attached hydrogens (tertiary/aromatic N) is 4. The van der Waals surface area contributed by atoms with Gasteiger partial charge in [-0.05, 0) is 49.1 Å². The Morgan fingerprint density at radius 1 is 1.09 bits per heavy atom. The van der Waals surface area contributed by atoms with Crippen LogP contribution in [0.15, 0.2) is 52.2 Å². The van der Waals surface area contributed by atoms with E-state index in [-0.39, 0.29) is 52.4 Å². The van der Waals surface area contributed by atoms with E-state index in [9.17, 15) is 23.7 Å². The van der Waals surface area contributed by atoms with Crippen molar-refractivity contribution in [3.63, 3.8) is 0 Å². The largest absolute Gasteiger partial charge is 0.617 e. The minimum absolute atomic E-state index is 0.0497. The molecule has 1 N–H and O–H groups in total. The highest BCUT2D eigenvalue weighted by Gasteiger charge is 2.32. The highest BCUT2D eigenvalue weighted by atomic mass is 35.5. The van der Waals surface area contributed by atoms with Gasteiger partial charge in [-0.25, -0.2) is 9.59 Å². The maximum absolute atomic E-state index is 13.4. The van der Waals surface area contributed by atoms with Gasteiger partial charge in [0, 0.05) is 43.1 Å². The first kappa shape index (κ1) is 32.0. The van der Waals surface area contributed by atoms with Crippen LogP contribution in [-0.4, -0.2) is 80.2 Å². The number of ether oxygens (including phenoxy) is 1. The predicted molar refractivity (Wildman–Crippen MR) is 171 cm³/mol. The zero-order valence-electron chi connectivity index (χ0n) is 24.4. The maximum Gasteiger partial charge on any atom is 0.331 e. The van der Waals surface area contributed by atoms with Crippen LogP contribution in [0.3, 0.4) is 0 Å². The van der Waals surface area contributed by atoms with E-state index >= 15 is 0 Å². The molecule has 2 aliphatic rings. The molecule has 234 valence electrons. The van der Waals surface area contributed by atoms with Crippen LogP contribution in [0.1, 0.15) is 18.4 Å². The van der Waals surface area contributed by atoms with Crippen molar-refractivity contribution in [2.45, 2.75) is 38.4 Å². The molecule has 1 fully saturated rings. The van der Waals surface area contributed by atoms with Crippen LogP contribution in [0.25, 0.3) is 11.1 Å². The number of rotatable bonds is 8. The van der Waals surface area contributed by atoms with Gasteiger partial charge in [0.2, 0.25) is 5.91 Å². The molecule has 44 heavy (non-hydrogen) atoms. The molecule has 0 spiro atoms. The first-order valence-electron chi connectivity index (χ1n) is 14.2. The molecule has 1 atom stereocenters. The van der Waals surface area contributed by atoms with Crippen LogP contribution in [0, 0.1) is 0 Å². The van der Waals surface area contributed by atoms with E-state index in [1.54, 1.807) is 30.2 Å². The van der Waals surface area contributed by atoms with E-state index in [0.29, 0.717) is 44.5 Å². The zero-order valence-corrected chi connectivity index (χ0v) is 26.7. The number of fused-ring (bicyclic) bond motifs is 1. The van der Waals surface area contributed by atoms with E-state index in [0.717, 1.165) is 21.6 Å². The molecule has 2 aliphatic heterocycles. The zero-order chi connectivity index (χ0) is 31.5. The van der Waals surface area contributed by atoms with Gasteiger partial charge < -0.3 is 24.4 Å². The second-order valence-corrected chi connectivity index (χ2v) is 13.1. The summed E-state index contributed by atoms with van der Waals surface area (Å²) in [4.78, 5) is 56.7. The summed E-state index contributed by atoms with van der Waals surface area (Å²) in [6.45, 7) is 0.972. The lowest BCUT2D eigenvalue weighted by atomic mass is 10.0. The van der Waals surface area contributed by atoms with Crippen LogP contribution in [0.2, 0.25) is 10.0 Å². The smallest absolute Gasteiger partial charge is 0.331 e. The number of methoxy groups -OCH3 is 1. The molecule has 3 aromatic rings. The minimum atomic E-state index is -1.25. The second kappa shape index (κ2) is 13.7. The van der Waals surface area contributed by atoms with Crippen molar-refractivity contribution in [2.75, 3.05) is 44.1 Å². The molecule has 1 aromatic heterocycles. The van der Waals surface area contributed by atoms with Crippen LogP contribution >= 0.6 is 23.2 Å². The summed E-state index contributed by atoms with van der Waals surface area (Å²) in [7, 11) is 1.61. The Kier molecular flexibility index (Phi) is 9.94. The molecule has 0 bridgehead atoms. The Bertz CT molecular complexity index is 1690. The van der Waals surface area contributed by atoms with Crippen LogP contribution in [0.4, 0.5) is 10.5 Å². The van der Waals surface area contributed by atoms with Gasteiger partial charge in [0.1, 0.15) is 18.0 Å². The number of urea groups is 1. The number of hydrogen-bond acceptors (Lipinski definition) is 6. The number of aromatic nitrogens is 2. The first-order chi connectivity index (χ1) is 21.1. The molecule has 2 aromatic carbocycles. The summed E-state index contributed by atoms with van der Waals surface area (Å²) >= 11 is 11.3. The lowest BCUT2D eigenvalue weighted by Gasteiger charge is -2.38. The quantitative estimate of drug-likeness (QED) is 0.368. The Balaban J connectivity index is 1.31. The average Bonchev–Trinajstić information content (AvgIpc) is 3.17. The number of anilines is 1. The average molecular weight is 663 g/mol. The summed E-state index contributed by atoms with van der Waals surface area (Å²) in [6.07, 6.45) is 4.66. The molecule has 11 nitrogen and oxygen atoms in total. The monoisotopic (exact) mass is 661 g/mol. The Hall–Kier alpha value is -3.45. The molecule has 0 aliphatic carbocycles. The molecule has 1 unspecified atom stereocenters. The number of nitrogens with one attached hydrogen (secondary N) is 1. The molecule has 0 radical (unpaired) electrons. The third kappa shape index (κ3) is 6.78. The summed E-state index contributed by atoms with van der Waals surface area (Å²) in [5.74, 6) is 0.528. The van der Waals surface area contributed by atoms with Crippen molar-refractivity contribution < 1.29 is 18.9 Å². The van der Waals surface area contributed by atoms with Crippen LogP contribution < -0.4 is 21.3 Å². The number of hydrogen-bond donors (Lipinski definition) is 1. The van der Waals surface area contributed by atoms with E-state index in [1.165, 1.54) is 17.0 Å². The predicted octanol–water partition coefficient (Wildman–Crippen LogP) is 3.45. The van der Waals surface area contributed by atoms with E-state index in [4.69, 9.17) is 27.9 Å². The van der Waals surface area contributed by atoms with E-state index < -0.39 is 22.4 Å². The fourth-order valence-electron chi connectivity index (χ4n) is 5.66. The first-order valence-corrected chi connectivity index (χ1v) is 16.7. The molecule has 14 heteroatoms. The topological polar surface area (TPSA) is 129 Å². The highest BCUT2D eigenvalue weighted by Crippen LogP contribution is 2.32. The molecular formula is C30H33Cl2N5O6S. The van der Waals surface area contributed by atoms with Gasteiger partial charge in [-0.2, -0.15) is 0 Å². The molecule has 1 saturated heterocycles. The lowest BCUT2D eigenvalue weighted by molar-refractivity contribution is -0.133. The molecule has 5 rings (SSSR count). The van der Waals surface area contributed by atoms with Gasteiger partial charge in [0.15, 0.2) is 0 Å². The Morgan fingerprint density at radius 3 is 2.55 bits per heavy atom. The van der Waals surface area contributed by atoms with Gasteiger partial charge in [-0.3, -0.25) is 18.7 Å². The maximum atomic E-state index is 13.4. The summed E-state index contributed by atoms with van der Waals surface area (Å²) in [5.41, 5.74) is 0.920. The second-order valence-electron chi connectivity index (χ2n) is 10.8. The summed E-state index contributed by atoms with van der Waals surface area (Å²) in [6, 6.07) is 10.2. The summed E-state index contributed by atoms with van der Waals surface area (Å²) < 4.78 is 19.3. The fraction of sp³-hybridized carbons (Fsp3) is 0.400. The van der Waals surface area contributed by atoms with E-state index in [2.05, 4.69) is 5.32 Å². The Morgan fingerprint density at radius 2 is 1.84 bits per heavy atom. The normalized spacial score (nSPS) is 16.2. The molecular weight excluding hydrogens is 629 g/mol. The van der Waals surface area contributed by atoms with E-state index in [1.807, 2.05) is 23.1 Å². The van der Waals surface area contributed by atoms with Crippen LogP contribution in [0.5, 0.6) is 5.75 Å². The third-order valence-corrected chi connectivity index (χ3v) is 9.66. The number of piperidine rings is 1. The number of halogens is 2. The third-order valence-electron chi connectivity index (χ3n) is 8.08. The molecule has 3 amide bonds. The molecule has 3 heterocycles. The van der Waals surface area contributed by atoms with Crippen molar-refractivity contribution in [1.82, 2.24) is 18.9 Å². The van der Waals surface area contributed by atoms with Gasteiger partial charge in [-0.15, -0.1) is 0 Å². The Labute approximate surface area is 267 Å². The van der Waals surface area contributed by atoms with Crippen molar-refractivity contribution in [3.05, 3.63) is 79.0 Å². The van der Waals surface area contributed by atoms with Crippen LogP contribution in [-0.2, 0) is 35.5 Å². The highest BCUT2D eigenvalue weighted by molar-refractivity contribution is 7.90. The standard InChI is InChI=1S/C30H33Cl2N5O6S/c1-43-21-6-7-25-19(16-21)8-13-36(29(40)33-25)20-9-11-34(12-10-20)26(38)18-35-17-23(22-4-3-5-24(31)27(22)32)28(39)37(30(35)41)14-15-44(2)42/h3-7,16-17,20H,8-15,18H2,1-2H3,(H,33,40). The van der Waals surface area contributed by atoms with Gasteiger partial charge in [0.05, 0.1) is 35.5 Å². The van der Waals surface area contributed by atoms with Crippen molar-refractivity contribution in [2.24, 2.45) is 0 Å². The van der Waals surface area contributed by atoms with Gasteiger partial charge >= 0.3 is 11.7 Å². The number of benzene rings is 2. The molecule has 0 saturated carbocycles. The number of likely N-dealkylation sites (tertiary alicyclic amines) is 1. The minimum Gasteiger partial charge on any atom is -0.617 e.